The molecule has 0 unspecified atom stereocenters. The molecule has 1 heterocycles. The summed E-state index contributed by atoms with van der Waals surface area (Å²) in [5.41, 5.74) is 1.37. The second-order valence-electron chi connectivity index (χ2n) is 4.69. The first kappa shape index (κ1) is 12.1. The van der Waals surface area contributed by atoms with Gasteiger partial charge in [-0.1, -0.05) is 42.5 Å². The topological polar surface area (TPSA) is 3.24 Å². The van der Waals surface area contributed by atoms with E-state index in [-0.39, 0.29) is 0 Å². The van der Waals surface area contributed by atoms with Gasteiger partial charge < -0.3 is 0 Å². The highest BCUT2D eigenvalue weighted by Crippen LogP contribution is 2.26. The minimum absolute atomic E-state index is 0.493. The molecule has 2 atom stereocenters. The standard InChI is InChI=1S/C16H21N/c1-3-15-11-8-12-16(4-2)17(15)13-14-9-6-5-7-10-14/h3-7,9-10,15-16H,1-2,8,11-13H2/t15-,16+. The molecule has 1 aliphatic rings. The Hall–Kier alpha value is -1.34. The van der Waals surface area contributed by atoms with Crippen LogP contribution in [-0.2, 0) is 6.54 Å². The Labute approximate surface area is 104 Å². The Morgan fingerprint density at radius 1 is 1.06 bits per heavy atom. The molecular formula is C16H21N. The van der Waals surface area contributed by atoms with Crippen molar-refractivity contribution in [2.24, 2.45) is 0 Å². The van der Waals surface area contributed by atoms with E-state index in [2.05, 4.69) is 60.5 Å². The zero-order valence-electron chi connectivity index (χ0n) is 10.4. The van der Waals surface area contributed by atoms with Gasteiger partial charge in [-0.05, 0) is 24.8 Å². The van der Waals surface area contributed by atoms with Gasteiger partial charge in [-0.25, -0.2) is 0 Å². The fraction of sp³-hybridized carbons (Fsp3) is 0.375. The molecule has 90 valence electrons. The van der Waals surface area contributed by atoms with E-state index >= 15 is 0 Å². The van der Waals surface area contributed by atoms with Crippen molar-refractivity contribution in [3.05, 3.63) is 61.2 Å². The third kappa shape index (κ3) is 2.86. The van der Waals surface area contributed by atoms with Crippen LogP contribution in [0.1, 0.15) is 24.8 Å². The van der Waals surface area contributed by atoms with Crippen molar-refractivity contribution in [1.29, 1.82) is 0 Å². The second kappa shape index (κ2) is 5.83. The van der Waals surface area contributed by atoms with Gasteiger partial charge in [0.2, 0.25) is 0 Å². The first-order valence-corrected chi connectivity index (χ1v) is 6.40. The lowest BCUT2D eigenvalue weighted by Crippen LogP contribution is -2.44. The van der Waals surface area contributed by atoms with Gasteiger partial charge >= 0.3 is 0 Å². The van der Waals surface area contributed by atoms with Crippen molar-refractivity contribution < 1.29 is 0 Å². The molecule has 1 heteroatoms. The van der Waals surface area contributed by atoms with Crippen molar-refractivity contribution in [3.8, 4) is 0 Å². The number of hydrogen-bond donors (Lipinski definition) is 0. The van der Waals surface area contributed by atoms with Crippen LogP contribution in [0.25, 0.3) is 0 Å². The van der Waals surface area contributed by atoms with Crippen LogP contribution in [0.5, 0.6) is 0 Å². The Morgan fingerprint density at radius 2 is 1.65 bits per heavy atom. The highest BCUT2D eigenvalue weighted by Gasteiger charge is 2.26. The SMILES string of the molecule is C=C[C@@H]1CCC[C@H](C=C)N1Cc1ccccc1. The molecule has 1 saturated heterocycles. The summed E-state index contributed by atoms with van der Waals surface area (Å²) >= 11 is 0. The Morgan fingerprint density at radius 3 is 2.18 bits per heavy atom. The van der Waals surface area contributed by atoms with Crippen LogP contribution in [0.4, 0.5) is 0 Å². The predicted molar refractivity (Wildman–Crippen MR) is 73.8 cm³/mol. The van der Waals surface area contributed by atoms with Gasteiger partial charge in [0.1, 0.15) is 0 Å². The van der Waals surface area contributed by atoms with Crippen molar-refractivity contribution >= 4 is 0 Å². The largest absolute Gasteiger partial charge is 0.286 e. The van der Waals surface area contributed by atoms with E-state index in [1.54, 1.807) is 0 Å². The summed E-state index contributed by atoms with van der Waals surface area (Å²) in [5, 5.41) is 0. The first-order chi connectivity index (χ1) is 8.35. The lowest BCUT2D eigenvalue weighted by molar-refractivity contribution is 0.128. The highest BCUT2D eigenvalue weighted by atomic mass is 15.2. The maximum atomic E-state index is 3.97. The molecular weight excluding hydrogens is 206 g/mol. The van der Waals surface area contributed by atoms with E-state index in [0.717, 1.165) is 6.54 Å². The first-order valence-electron chi connectivity index (χ1n) is 6.40. The number of benzene rings is 1. The normalized spacial score (nSPS) is 25.4. The van der Waals surface area contributed by atoms with Crippen molar-refractivity contribution in [2.75, 3.05) is 0 Å². The van der Waals surface area contributed by atoms with Crippen LogP contribution in [0.2, 0.25) is 0 Å². The zero-order chi connectivity index (χ0) is 12.1. The average Bonchev–Trinajstić information content (AvgIpc) is 2.40. The molecule has 1 aromatic carbocycles. The Bertz CT molecular complexity index is 352. The van der Waals surface area contributed by atoms with E-state index < -0.39 is 0 Å². The number of rotatable bonds is 4. The number of nitrogens with zero attached hydrogens (tertiary/aromatic N) is 1. The minimum Gasteiger partial charge on any atom is -0.286 e. The maximum absolute atomic E-state index is 3.97. The van der Waals surface area contributed by atoms with Crippen LogP contribution < -0.4 is 0 Å². The van der Waals surface area contributed by atoms with E-state index in [1.807, 2.05) is 0 Å². The molecule has 0 spiro atoms. The molecule has 0 amide bonds. The molecule has 0 saturated carbocycles. The Balaban J connectivity index is 2.13. The quantitative estimate of drug-likeness (QED) is 0.707. The van der Waals surface area contributed by atoms with E-state index in [1.165, 1.54) is 24.8 Å². The van der Waals surface area contributed by atoms with Gasteiger partial charge in [-0.2, -0.15) is 0 Å². The molecule has 2 rings (SSSR count). The van der Waals surface area contributed by atoms with Gasteiger partial charge in [0.05, 0.1) is 0 Å². The van der Waals surface area contributed by atoms with E-state index in [4.69, 9.17) is 0 Å². The third-order valence-corrected chi connectivity index (χ3v) is 3.60. The summed E-state index contributed by atoms with van der Waals surface area (Å²) in [4.78, 5) is 2.51. The van der Waals surface area contributed by atoms with Gasteiger partial charge in [0.15, 0.2) is 0 Å². The summed E-state index contributed by atoms with van der Waals surface area (Å²) in [7, 11) is 0. The fourth-order valence-corrected chi connectivity index (χ4v) is 2.65. The molecule has 1 fully saturated rings. The van der Waals surface area contributed by atoms with E-state index in [9.17, 15) is 0 Å². The molecule has 0 radical (unpaired) electrons. The molecule has 1 aliphatic heterocycles. The van der Waals surface area contributed by atoms with Crippen molar-refractivity contribution in [1.82, 2.24) is 4.90 Å². The zero-order valence-corrected chi connectivity index (χ0v) is 10.4. The van der Waals surface area contributed by atoms with Gasteiger partial charge in [0, 0.05) is 18.6 Å². The average molecular weight is 227 g/mol. The number of likely N-dealkylation sites (tertiary alicyclic amines) is 1. The maximum Gasteiger partial charge on any atom is 0.0285 e. The monoisotopic (exact) mass is 227 g/mol. The lowest BCUT2D eigenvalue weighted by Gasteiger charge is -2.39. The molecule has 0 N–H and O–H groups in total. The smallest absolute Gasteiger partial charge is 0.0285 e. The Kier molecular flexibility index (Phi) is 4.16. The predicted octanol–water partition coefficient (Wildman–Crippen LogP) is 3.78. The number of hydrogen-bond acceptors (Lipinski definition) is 1. The van der Waals surface area contributed by atoms with Crippen LogP contribution in [0, 0.1) is 0 Å². The van der Waals surface area contributed by atoms with Gasteiger partial charge in [0.25, 0.3) is 0 Å². The van der Waals surface area contributed by atoms with Crippen LogP contribution in [0.3, 0.4) is 0 Å². The second-order valence-corrected chi connectivity index (χ2v) is 4.69. The summed E-state index contributed by atoms with van der Waals surface area (Å²) in [6.45, 7) is 8.93. The minimum atomic E-state index is 0.493. The summed E-state index contributed by atoms with van der Waals surface area (Å²) in [5.74, 6) is 0. The van der Waals surface area contributed by atoms with Crippen LogP contribution in [-0.4, -0.2) is 17.0 Å². The van der Waals surface area contributed by atoms with Crippen molar-refractivity contribution in [2.45, 2.75) is 37.9 Å². The molecule has 0 aliphatic carbocycles. The summed E-state index contributed by atoms with van der Waals surface area (Å²) < 4.78 is 0. The molecule has 1 nitrogen and oxygen atoms in total. The third-order valence-electron chi connectivity index (χ3n) is 3.60. The lowest BCUT2D eigenvalue weighted by atomic mass is 9.94. The summed E-state index contributed by atoms with van der Waals surface area (Å²) in [6, 6.07) is 11.6. The van der Waals surface area contributed by atoms with Gasteiger partial charge in [-0.15, -0.1) is 13.2 Å². The summed E-state index contributed by atoms with van der Waals surface area (Å²) in [6.07, 6.45) is 7.89. The molecule has 0 aromatic heterocycles. The highest BCUT2D eigenvalue weighted by molar-refractivity contribution is 5.16. The van der Waals surface area contributed by atoms with Crippen molar-refractivity contribution in [3.63, 3.8) is 0 Å². The molecule has 1 aromatic rings. The van der Waals surface area contributed by atoms with Crippen LogP contribution >= 0.6 is 0 Å². The fourth-order valence-electron chi connectivity index (χ4n) is 2.65. The van der Waals surface area contributed by atoms with Crippen LogP contribution in [0.15, 0.2) is 55.6 Å². The number of piperidine rings is 1. The molecule has 17 heavy (non-hydrogen) atoms. The molecule has 0 bridgehead atoms. The van der Waals surface area contributed by atoms with E-state index in [0.29, 0.717) is 12.1 Å². The van der Waals surface area contributed by atoms with Gasteiger partial charge in [-0.3, -0.25) is 4.90 Å².